The fraction of sp³-hybridized carbons (Fsp3) is 0.565. The molecule has 2 heterocycles. The van der Waals surface area contributed by atoms with E-state index in [0.29, 0.717) is 5.69 Å². The molecule has 0 bridgehead atoms. The van der Waals surface area contributed by atoms with Crippen LogP contribution >= 0.6 is 0 Å². The maximum Gasteiger partial charge on any atom is 0.436 e. The highest BCUT2D eigenvalue weighted by molar-refractivity contribution is 7.86. The molecule has 2 unspecified atom stereocenters. The lowest BCUT2D eigenvalue weighted by molar-refractivity contribution is -0.604. The van der Waals surface area contributed by atoms with Crippen molar-refractivity contribution in [1.82, 2.24) is 14.7 Å². The number of fused-ring (bicyclic) bond motifs is 2. The van der Waals surface area contributed by atoms with Crippen molar-refractivity contribution in [3.63, 3.8) is 0 Å². The van der Waals surface area contributed by atoms with Crippen molar-refractivity contribution in [2.75, 3.05) is 29.8 Å². The van der Waals surface area contributed by atoms with Gasteiger partial charge in [-0.2, -0.15) is 18.0 Å². The number of aromatic nitrogens is 2. The molecule has 0 spiro atoms. The minimum atomic E-state index is -4.60. The first-order valence-electron chi connectivity index (χ1n) is 12.0. The predicted molar refractivity (Wildman–Crippen MR) is 129 cm³/mol. The summed E-state index contributed by atoms with van der Waals surface area (Å²) in [6.07, 6.45) is 10.3. The second kappa shape index (κ2) is 8.95. The number of urea groups is 1. The van der Waals surface area contributed by atoms with E-state index in [9.17, 15) is 18.4 Å². The van der Waals surface area contributed by atoms with Crippen molar-refractivity contribution in [3.8, 4) is 0 Å². The van der Waals surface area contributed by atoms with E-state index in [2.05, 4.69) is 21.4 Å². The Bertz CT molecular complexity index is 1180. The number of nitrogens with one attached hydrogen (secondary N) is 2. The Hall–Kier alpha value is -2.47. The third-order valence-electron chi connectivity index (χ3n) is 7.45. The molecule has 184 valence electrons. The van der Waals surface area contributed by atoms with Gasteiger partial charge >= 0.3 is 16.2 Å². The van der Waals surface area contributed by atoms with E-state index in [1.165, 1.54) is 22.0 Å². The number of anilines is 2. The molecule has 3 aliphatic rings. The Morgan fingerprint density at radius 2 is 1.85 bits per heavy atom. The highest BCUT2D eigenvalue weighted by Crippen LogP contribution is 2.38. The molecular weight excluding hydrogens is 456 g/mol. The summed E-state index contributed by atoms with van der Waals surface area (Å²) in [6.45, 7) is 0.962. The van der Waals surface area contributed by atoms with E-state index >= 15 is 0 Å². The zero-order valence-electron chi connectivity index (χ0n) is 19.7. The van der Waals surface area contributed by atoms with Gasteiger partial charge in [0.05, 0.1) is 24.1 Å². The summed E-state index contributed by atoms with van der Waals surface area (Å²) >= 11 is 0. The monoisotopic (exact) mass is 488 g/mol. The largest absolute Gasteiger partial charge is 0.608 e. The topological polar surface area (TPSA) is 115 Å². The van der Waals surface area contributed by atoms with Gasteiger partial charge in [-0.25, -0.2) is 9.10 Å². The summed E-state index contributed by atoms with van der Waals surface area (Å²) in [7, 11) is -0.974. The van der Waals surface area contributed by atoms with Gasteiger partial charge in [-0.15, -0.1) is 0 Å². The van der Waals surface area contributed by atoms with Crippen LogP contribution in [-0.2, 0) is 42.9 Å². The third kappa shape index (κ3) is 4.10. The smallest absolute Gasteiger partial charge is 0.436 e. The van der Waals surface area contributed by atoms with Crippen LogP contribution < -0.4 is 14.1 Å². The van der Waals surface area contributed by atoms with E-state index in [1.807, 2.05) is 7.05 Å². The predicted octanol–water partition coefficient (Wildman–Crippen LogP) is 1.16. The number of quaternary nitrogens is 1. The lowest BCUT2D eigenvalue weighted by Gasteiger charge is -2.31. The van der Waals surface area contributed by atoms with Crippen LogP contribution in [0.5, 0.6) is 0 Å². The normalized spacial score (nSPS) is 20.9. The number of benzene rings is 1. The SMILES string of the molecule is CN1CCCC1CN(c1cnn(C)c1)S(=O)(=O)[NH+]([O-])C(=O)Nc1c2c(cc3c1CCC3)CCC2. The molecule has 2 amide bonds. The van der Waals surface area contributed by atoms with Gasteiger partial charge < -0.3 is 10.1 Å². The van der Waals surface area contributed by atoms with Gasteiger partial charge in [0.1, 0.15) is 0 Å². The van der Waals surface area contributed by atoms with Crippen molar-refractivity contribution in [2.45, 2.75) is 57.4 Å². The molecule has 10 nitrogen and oxygen atoms in total. The van der Waals surface area contributed by atoms with Gasteiger partial charge in [-0.05, 0) is 87.2 Å². The van der Waals surface area contributed by atoms with E-state index < -0.39 is 20.7 Å². The number of nitrogens with zero attached hydrogens (tertiary/aromatic N) is 4. The summed E-state index contributed by atoms with van der Waals surface area (Å²) < 4.78 is 28.1. The quantitative estimate of drug-likeness (QED) is 0.590. The van der Waals surface area contributed by atoms with Crippen molar-refractivity contribution >= 4 is 27.6 Å². The molecule has 2 aromatic rings. The van der Waals surface area contributed by atoms with Crippen LogP contribution in [0.15, 0.2) is 18.5 Å². The number of carbonyl (C=O) groups excluding carboxylic acids is 1. The van der Waals surface area contributed by atoms with E-state index in [1.54, 1.807) is 13.2 Å². The Labute approximate surface area is 200 Å². The minimum Gasteiger partial charge on any atom is -0.608 e. The average molecular weight is 489 g/mol. The summed E-state index contributed by atoms with van der Waals surface area (Å²) in [5.74, 6) is 0. The maximum atomic E-state index is 13.5. The highest BCUT2D eigenvalue weighted by Gasteiger charge is 2.38. The Morgan fingerprint density at radius 3 is 2.41 bits per heavy atom. The molecule has 1 aliphatic heterocycles. The molecule has 0 radical (unpaired) electrons. The molecule has 1 aromatic carbocycles. The van der Waals surface area contributed by atoms with E-state index in [0.717, 1.165) is 73.3 Å². The number of hydroxylamine groups is 1. The van der Waals surface area contributed by atoms with Gasteiger partial charge in [0.2, 0.25) is 0 Å². The summed E-state index contributed by atoms with van der Waals surface area (Å²) in [5.41, 5.74) is 5.46. The van der Waals surface area contributed by atoms with Gasteiger partial charge in [-0.3, -0.25) is 10.00 Å². The molecule has 2 atom stereocenters. The fourth-order valence-electron chi connectivity index (χ4n) is 5.63. The highest BCUT2D eigenvalue weighted by atomic mass is 32.2. The van der Waals surface area contributed by atoms with Crippen molar-refractivity contribution in [3.05, 3.63) is 45.9 Å². The second-order valence-electron chi connectivity index (χ2n) is 9.66. The van der Waals surface area contributed by atoms with E-state index in [-0.39, 0.29) is 18.3 Å². The van der Waals surface area contributed by atoms with Crippen LogP contribution in [0.1, 0.15) is 47.9 Å². The van der Waals surface area contributed by atoms with Crippen molar-refractivity contribution in [2.24, 2.45) is 7.05 Å². The molecule has 34 heavy (non-hydrogen) atoms. The molecule has 2 aliphatic carbocycles. The van der Waals surface area contributed by atoms with Crippen LogP contribution in [0.3, 0.4) is 0 Å². The van der Waals surface area contributed by atoms with Crippen LogP contribution in [0.4, 0.5) is 16.2 Å². The molecule has 2 N–H and O–H groups in total. The van der Waals surface area contributed by atoms with Gasteiger partial charge in [0.15, 0.2) is 0 Å². The summed E-state index contributed by atoms with van der Waals surface area (Å²) in [6, 6.07) is 1.09. The van der Waals surface area contributed by atoms with Crippen LogP contribution in [0.2, 0.25) is 0 Å². The molecule has 11 heteroatoms. The van der Waals surface area contributed by atoms with Crippen molar-refractivity contribution in [1.29, 1.82) is 0 Å². The lowest BCUT2D eigenvalue weighted by atomic mass is 9.99. The molecular formula is C23H32N6O4S. The second-order valence-corrected chi connectivity index (χ2v) is 11.4. The number of carbonyl (C=O) groups is 1. The molecule has 0 saturated carbocycles. The zero-order chi connectivity index (χ0) is 24.0. The Balaban J connectivity index is 1.43. The fourth-order valence-corrected chi connectivity index (χ4v) is 6.86. The average Bonchev–Trinajstić information content (AvgIpc) is 3.59. The van der Waals surface area contributed by atoms with Gasteiger partial charge in [0, 0.05) is 19.3 Å². The van der Waals surface area contributed by atoms with Crippen molar-refractivity contribution < 1.29 is 17.7 Å². The first-order valence-corrected chi connectivity index (χ1v) is 13.4. The summed E-state index contributed by atoms with van der Waals surface area (Å²) in [4.78, 5) is 15.2. The first kappa shape index (κ1) is 23.3. The van der Waals surface area contributed by atoms with E-state index in [4.69, 9.17) is 0 Å². The van der Waals surface area contributed by atoms with Crippen LogP contribution in [0, 0.1) is 5.21 Å². The van der Waals surface area contributed by atoms with Gasteiger partial charge in [-0.1, -0.05) is 6.07 Å². The third-order valence-corrected chi connectivity index (χ3v) is 9.04. The number of aryl methyl sites for hydroxylation is 3. The number of hydrogen-bond donors (Lipinski definition) is 2. The standard InChI is InChI=1S/C23H32N6O4S/c1-26-11-5-8-18(26)15-28(19-13-24-27(2)14-19)34(32,33)29(31)23(30)25-22-20-9-3-6-16(20)12-17-7-4-10-21(17)22/h12-14,18,29H,3-11,15H2,1-2H3,(H,25,30). The Kier molecular flexibility index (Phi) is 6.13. The minimum absolute atomic E-state index is 0.0356. The van der Waals surface area contributed by atoms with Crippen LogP contribution in [0.25, 0.3) is 0 Å². The maximum absolute atomic E-state index is 13.5. The molecule has 1 saturated heterocycles. The Morgan fingerprint density at radius 1 is 1.18 bits per heavy atom. The molecule has 1 fully saturated rings. The van der Waals surface area contributed by atoms with Crippen LogP contribution in [-0.4, -0.2) is 55.3 Å². The molecule has 5 rings (SSSR count). The number of amides is 2. The number of rotatable bonds is 6. The molecule has 1 aromatic heterocycles. The lowest BCUT2D eigenvalue weighted by Crippen LogP contribution is -3.14. The zero-order valence-corrected chi connectivity index (χ0v) is 20.5. The number of likely N-dealkylation sites (N-methyl/N-ethyl adjacent to an activating group) is 1. The summed E-state index contributed by atoms with van der Waals surface area (Å²) in [5, 5.41) is 20.0. The number of likely N-dealkylation sites (tertiary alicyclic amines) is 1. The van der Waals surface area contributed by atoms with Gasteiger partial charge in [0.25, 0.3) is 0 Å². The first-order chi connectivity index (χ1) is 16.3. The number of hydrogen-bond acceptors (Lipinski definition) is 6.